The molecule has 0 radical (unpaired) electrons. The highest BCUT2D eigenvalue weighted by Crippen LogP contribution is 2.11. The normalized spacial score (nSPS) is 17.6. The van der Waals surface area contributed by atoms with E-state index in [-0.39, 0.29) is 12.1 Å². The predicted octanol–water partition coefficient (Wildman–Crippen LogP) is 0.963. The summed E-state index contributed by atoms with van der Waals surface area (Å²) in [4.78, 5) is 19.8. The lowest BCUT2D eigenvalue weighted by atomic mass is 10.2. The lowest BCUT2D eigenvalue weighted by Crippen LogP contribution is -2.35. The number of rotatable bonds is 4. The predicted molar refractivity (Wildman–Crippen MR) is 75.1 cm³/mol. The van der Waals surface area contributed by atoms with Crippen molar-refractivity contribution in [2.45, 2.75) is 18.9 Å². The Kier molecular flexibility index (Phi) is 4.06. The van der Waals surface area contributed by atoms with E-state index < -0.39 is 0 Å². The van der Waals surface area contributed by atoms with Crippen LogP contribution >= 0.6 is 0 Å². The highest BCUT2D eigenvalue weighted by molar-refractivity contribution is 5.89. The fourth-order valence-corrected chi connectivity index (χ4v) is 2.11. The number of anilines is 1. The largest absolute Gasteiger partial charge is 0.376 e. The molecule has 2 aromatic rings. The Morgan fingerprint density at radius 2 is 2.43 bits per heavy atom. The van der Waals surface area contributed by atoms with Gasteiger partial charge in [0, 0.05) is 13.2 Å². The fraction of sp³-hybridized carbons (Fsp3) is 0.385. The molecule has 2 N–H and O–H groups in total. The first kappa shape index (κ1) is 13.5. The number of ether oxygens (including phenoxy) is 1. The first-order valence-electron chi connectivity index (χ1n) is 6.79. The van der Waals surface area contributed by atoms with Gasteiger partial charge in [0.05, 0.1) is 18.0 Å². The van der Waals surface area contributed by atoms with E-state index >= 15 is 0 Å². The molecule has 8 nitrogen and oxygen atoms in total. The first-order chi connectivity index (χ1) is 10.3. The van der Waals surface area contributed by atoms with E-state index in [9.17, 15) is 4.79 Å². The van der Waals surface area contributed by atoms with Gasteiger partial charge in [-0.15, -0.1) is 0 Å². The fourth-order valence-electron chi connectivity index (χ4n) is 2.11. The summed E-state index contributed by atoms with van der Waals surface area (Å²) in [6.07, 6.45) is 6.75. The summed E-state index contributed by atoms with van der Waals surface area (Å²) in [7, 11) is 0. The third-order valence-corrected chi connectivity index (χ3v) is 3.17. The monoisotopic (exact) mass is 288 g/mol. The average Bonchev–Trinajstić information content (AvgIpc) is 3.19. The van der Waals surface area contributed by atoms with Crippen molar-refractivity contribution in [3.63, 3.8) is 0 Å². The van der Waals surface area contributed by atoms with E-state index in [1.54, 1.807) is 29.3 Å². The first-order valence-corrected chi connectivity index (χ1v) is 6.79. The van der Waals surface area contributed by atoms with Gasteiger partial charge in [-0.1, -0.05) is 0 Å². The molecular formula is C13H16N6O2. The minimum absolute atomic E-state index is 0.128. The molecule has 0 saturated carbocycles. The van der Waals surface area contributed by atoms with Crippen molar-refractivity contribution in [3.05, 3.63) is 31.0 Å². The number of amides is 2. The van der Waals surface area contributed by atoms with Crippen LogP contribution < -0.4 is 10.6 Å². The summed E-state index contributed by atoms with van der Waals surface area (Å²) < 4.78 is 6.98. The molecule has 3 heterocycles. The number of hydrogen-bond donors (Lipinski definition) is 2. The molecule has 1 aliphatic rings. The number of nitrogens with one attached hydrogen (secondary N) is 2. The van der Waals surface area contributed by atoms with Crippen LogP contribution in [0.3, 0.4) is 0 Å². The second-order valence-electron chi connectivity index (χ2n) is 4.72. The zero-order valence-electron chi connectivity index (χ0n) is 11.4. The Morgan fingerprint density at radius 3 is 3.10 bits per heavy atom. The number of urea groups is 1. The summed E-state index contributed by atoms with van der Waals surface area (Å²) in [6.45, 7) is 1.30. The minimum Gasteiger partial charge on any atom is -0.376 e. The second kappa shape index (κ2) is 6.31. The van der Waals surface area contributed by atoms with Gasteiger partial charge in [0.25, 0.3) is 0 Å². The van der Waals surface area contributed by atoms with E-state index in [0.29, 0.717) is 18.1 Å². The Hall–Kier alpha value is -2.48. The third-order valence-electron chi connectivity index (χ3n) is 3.17. The molecule has 0 unspecified atom stereocenters. The van der Waals surface area contributed by atoms with Gasteiger partial charge in [-0.3, -0.25) is 0 Å². The number of nitrogens with zero attached hydrogens (tertiary/aromatic N) is 4. The van der Waals surface area contributed by atoms with E-state index in [0.717, 1.165) is 19.4 Å². The molecule has 0 aliphatic carbocycles. The van der Waals surface area contributed by atoms with Crippen molar-refractivity contribution >= 4 is 11.7 Å². The Labute approximate surface area is 121 Å². The van der Waals surface area contributed by atoms with Crippen molar-refractivity contribution in [2.24, 2.45) is 0 Å². The highest BCUT2D eigenvalue weighted by Gasteiger charge is 2.16. The van der Waals surface area contributed by atoms with Gasteiger partial charge in [0.15, 0.2) is 5.82 Å². The maximum atomic E-state index is 11.7. The number of pyridine rings is 1. The van der Waals surface area contributed by atoms with Crippen LogP contribution in [0.25, 0.3) is 5.82 Å². The molecule has 1 saturated heterocycles. The van der Waals surface area contributed by atoms with Crippen LogP contribution in [0.15, 0.2) is 31.0 Å². The Bertz CT molecular complexity index is 577. The number of aromatic nitrogens is 4. The van der Waals surface area contributed by atoms with Crippen LogP contribution in [0.2, 0.25) is 0 Å². The van der Waals surface area contributed by atoms with Crippen LogP contribution in [0, 0.1) is 0 Å². The smallest absolute Gasteiger partial charge is 0.319 e. The maximum absolute atomic E-state index is 11.7. The van der Waals surface area contributed by atoms with Gasteiger partial charge >= 0.3 is 6.03 Å². The molecule has 21 heavy (non-hydrogen) atoms. The standard InChI is InChI=1S/C13H16N6O2/c20-13(16-7-11-2-1-5-21-11)18-10-3-4-12(15-6-10)19-9-14-8-17-19/h3-4,6,8-9,11H,1-2,5,7H2,(H2,16,18,20)/t11-/m0/s1. The molecule has 1 aliphatic heterocycles. The van der Waals surface area contributed by atoms with Crippen molar-refractivity contribution in [1.29, 1.82) is 0 Å². The minimum atomic E-state index is -0.263. The van der Waals surface area contributed by atoms with Crippen LogP contribution in [-0.2, 0) is 4.74 Å². The SMILES string of the molecule is O=C(NC[C@@H]1CCCO1)Nc1ccc(-n2cncn2)nc1. The lowest BCUT2D eigenvalue weighted by Gasteiger charge is -2.11. The van der Waals surface area contributed by atoms with Crippen molar-refractivity contribution in [2.75, 3.05) is 18.5 Å². The Balaban J connectivity index is 1.51. The van der Waals surface area contributed by atoms with Crippen LogP contribution in [0.1, 0.15) is 12.8 Å². The number of carbonyl (C=O) groups excluding carboxylic acids is 1. The number of carbonyl (C=O) groups is 1. The number of hydrogen-bond acceptors (Lipinski definition) is 5. The van der Waals surface area contributed by atoms with Gasteiger partial charge in [-0.2, -0.15) is 5.10 Å². The summed E-state index contributed by atoms with van der Waals surface area (Å²) in [5, 5.41) is 9.49. The topological polar surface area (TPSA) is 94.0 Å². The molecule has 110 valence electrons. The van der Waals surface area contributed by atoms with Crippen molar-refractivity contribution in [3.8, 4) is 5.82 Å². The summed E-state index contributed by atoms with van der Waals surface area (Å²) in [6, 6.07) is 3.25. The molecule has 0 spiro atoms. The van der Waals surface area contributed by atoms with Gasteiger partial charge in [-0.25, -0.2) is 19.4 Å². The van der Waals surface area contributed by atoms with Gasteiger partial charge in [0.1, 0.15) is 12.7 Å². The van der Waals surface area contributed by atoms with Crippen LogP contribution in [-0.4, -0.2) is 45.0 Å². The van der Waals surface area contributed by atoms with Gasteiger partial charge in [-0.05, 0) is 25.0 Å². The van der Waals surface area contributed by atoms with Crippen LogP contribution in [0.4, 0.5) is 10.5 Å². The molecule has 0 bridgehead atoms. The average molecular weight is 288 g/mol. The summed E-state index contributed by atoms with van der Waals surface area (Å²) in [5.41, 5.74) is 0.615. The maximum Gasteiger partial charge on any atom is 0.319 e. The summed E-state index contributed by atoms with van der Waals surface area (Å²) in [5.74, 6) is 0.637. The molecule has 3 rings (SSSR count). The Morgan fingerprint density at radius 1 is 1.48 bits per heavy atom. The highest BCUT2D eigenvalue weighted by atomic mass is 16.5. The van der Waals surface area contributed by atoms with Crippen LogP contribution in [0.5, 0.6) is 0 Å². The van der Waals surface area contributed by atoms with E-state index in [2.05, 4.69) is 25.7 Å². The van der Waals surface area contributed by atoms with Gasteiger partial charge < -0.3 is 15.4 Å². The quantitative estimate of drug-likeness (QED) is 0.874. The molecule has 1 atom stereocenters. The van der Waals surface area contributed by atoms with E-state index in [1.165, 1.54) is 6.33 Å². The zero-order valence-corrected chi connectivity index (χ0v) is 11.4. The molecule has 1 fully saturated rings. The van der Waals surface area contributed by atoms with Gasteiger partial charge in [0.2, 0.25) is 0 Å². The molecular weight excluding hydrogens is 272 g/mol. The summed E-state index contributed by atoms with van der Waals surface area (Å²) >= 11 is 0. The van der Waals surface area contributed by atoms with E-state index in [1.807, 2.05) is 0 Å². The molecule has 0 aromatic carbocycles. The lowest BCUT2D eigenvalue weighted by molar-refractivity contribution is 0.112. The van der Waals surface area contributed by atoms with Crippen molar-refractivity contribution < 1.29 is 9.53 Å². The molecule has 2 aromatic heterocycles. The van der Waals surface area contributed by atoms with E-state index in [4.69, 9.17) is 4.74 Å². The molecule has 8 heteroatoms. The second-order valence-corrected chi connectivity index (χ2v) is 4.72. The third kappa shape index (κ3) is 3.54. The molecule has 2 amide bonds. The zero-order chi connectivity index (χ0) is 14.5. The van der Waals surface area contributed by atoms with Crippen molar-refractivity contribution in [1.82, 2.24) is 25.1 Å².